The van der Waals surface area contributed by atoms with Crippen molar-refractivity contribution < 1.29 is 14.3 Å². The fourth-order valence-corrected chi connectivity index (χ4v) is 2.94. The summed E-state index contributed by atoms with van der Waals surface area (Å²) >= 11 is 0. The van der Waals surface area contributed by atoms with E-state index in [1.165, 1.54) is 0 Å². The molecule has 0 aliphatic carbocycles. The van der Waals surface area contributed by atoms with E-state index in [1.807, 2.05) is 18.2 Å². The van der Waals surface area contributed by atoms with Crippen LogP contribution in [0.3, 0.4) is 0 Å². The van der Waals surface area contributed by atoms with Gasteiger partial charge in [0, 0.05) is 23.2 Å². The molecule has 0 spiro atoms. The van der Waals surface area contributed by atoms with Gasteiger partial charge in [-0.3, -0.25) is 10.2 Å². The summed E-state index contributed by atoms with van der Waals surface area (Å²) in [6.07, 6.45) is 0. The molecule has 0 unspecified atom stereocenters. The van der Waals surface area contributed by atoms with Crippen LogP contribution >= 0.6 is 0 Å². The van der Waals surface area contributed by atoms with Gasteiger partial charge in [-0.05, 0) is 26.8 Å². The summed E-state index contributed by atoms with van der Waals surface area (Å²) in [5.74, 6) is -0.861. The van der Waals surface area contributed by atoms with Crippen LogP contribution in [0.4, 0.5) is 5.69 Å². The van der Waals surface area contributed by atoms with Crippen molar-refractivity contribution in [3.63, 3.8) is 0 Å². The van der Waals surface area contributed by atoms with Gasteiger partial charge in [-0.15, -0.1) is 0 Å². The summed E-state index contributed by atoms with van der Waals surface area (Å²) < 4.78 is 5.61. The molecule has 2 aromatic carbocycles. The van der Waals surface area contributed by atoms with Gasteiger partial charge in [0.15, 0.2) is 0 Å². The Labute approximate surface area is 164 Å². The number of benzene rings is 2. The molecule has 144 valence electrons. The number of ketones is 1. The molecule has 3 N–H and O–H groups in total. The smallest absolute Gasteiger partial charge is 0.339 e. The van der Waals surface area contributed by atoms with E-state index in [9.17, 15) is 9.59 Å². The third-order valence-electron chi connectivity index (χ3n) is 4.13. The molecule has 0 amide bonds. The third kappa shape index (κ3) is 4.02. The molecule has 1 aliphatic rings. The van der Waals surface area contributed by atoms with E-state index in [0.29, 0.717) is 22.4 Å². The number of Topliss-reactive ketones (excluding diaryl/α,β-unsaturated/α-hetero) is 1. The predicted molar refractivity (Wildman–Crippen MR) is 110 cm³/mol. The molecule has 1 aliphatic heterocycles. The Morgan fingerprint density at radius 1 is 1.04 bits per heavy atom. The van der Waals surface area contributed by atoms with Crippen LogP contribution in [0.2, 0.25) is 0 Å². The lowest BCUT2D eigenvalue weighted by Gasteiger charge is -2.22. The summed E-state index contributed by atoms with van der Waals surface area (Å²) in [7, 11) is 0. The Morgan fingerprint density at radius 2 is 1.68 bits per heavy atom. The number of carbonyl (C=O) groups is 2. The number of nitrogens with zero attached hydrogens (tertiary/aromatic N) is 1. The molecule has 6 heteroatoms. The Bertz CT molecular complexity index is 970. The molecule has 0 saturated carbocycles. The van der Waals surface area contributed by atoms with Crippen LogP contribution in [0.15, 0.2) is 65.3 Å². The van der Waals surface area contributed by atoms with Gasteiger partial charge in [0.25, 0.3) is 0 Å². The zero-order valence-corrected chi connectivity index (χ0v) is 16.2. The second-order valence-electron chi connectivity index (χ2n) is 7.37. The van der Waals surface area contributed by atoms with Gasteiger partial charge < -0.3 is 10.5 Å². The minimum atomic E-state index is -0.695. The Kier molecular flexibility index (Phi) is 5.42. The number of ether oxygens (including phenoxy) is 1. The molecule has 3 rings (SSSR count). The number of nitrogens with two attached hydrogens (primary N) is 1. The van der Waals surface area contributed by atoms with Crippen LogP contribution in [0.5, 0.6) is 0 Å². The maximum absolute atomic E-state index is 13.1. The largest absolute Gasteiger partial charge is 0.456 e. The number of nitrogens with one attached hydrogen (secondary N) is 1. The summed E-state index contributed by atoms with van der Waals surface area (Å²) in [5, 5.41) is 4.29. The van der Waals surface area contributed by atoms with Gasteiger partial charge in [-0.25, -0.2) is 4.79 Å². The summed E-state index contributed by atoms with van der Waals surface area (Å²) in [4.78, 5) is 26.2. The molecule has 0 fully saturated rings. The number of esters is 1. The monoisotopic (exact) mass is 377 g/mol. The molecule has 0 atom stereocenters. The van der Waals surface area contributed by atoms with E-state index in [4.69, 9.17) is 10.5 Å². The standard InChI is InChI=1S/C22H23N3O3/c1-22(2,3)28-21(27)18-15-11-7-8-12-17(15)24-25-19(16(18)13-23)20(26)14-9-5-4-6-10-14/h4-12,24H,13,23H2,1-3H3. The van der Waals surface area contributed by atoms with E-state index in [2.05, 4.69) is 10.5 Å². The molecule has 2 aromatic rings. The second kappa shape index (κ2) is 7.78. The summed E-state index contributed by atoms with van der Waals surface area (Å²) in [6, 6.07) is 16.0. The van der Waals surface area contributed by atoms with Crippen molar-refractivity contribution in [1.29, 1.82) is 0 Å². The third-order valence-corrected chi connectivity index (χ3v) is 4.13. The SMILES string of the molecule is CC(C)(C)OC(=O)C1=C(CN)C(C(=O)c2ccccc2)=NNc2ccccc21. The van der Waals surface area contributed by atoms with E-state index in [0.717, 1.165) is 0 Å². The van der Waals surface area contributed by atoms with Gasteiger partial charge in [0.05, 0.1) is 11.3 Å². The maximum Gasteiger partial charge on any atom is 0.339 e. The summed E-state index contributed by atoms with van der Waals surface area (Å²) in [5.41, 5.74) is 10.6. The number of para-hydroxylation sites is 1. The van der Waals surface area contributed by atoms with E-state index < -0.39 is 11.6 Å². The average molecular weight is 377 g/mol. The van der Waals surface area contributed by atoms with Crippen LogP contribution in [0, 0.1) is 0 Å². The first-order valence-electron chi connectivity index (χ1n) is 9.01. The van der Waals surface area contributed by atoms with Crippen LogP contribution in [-0.4, -0.2) is 29.6 Å². The summed E-state index contributed by atoms with van der Waals surface area (Å²) in [6.45, 7) is 5.33. The molecule has 0 saturated heterocycles. The molecular weight excluding hydrogens is 354 g/mol. The maximum atomic E-state index is 13.1. The fraction of sp³-hybridized carbons (Fsp3) is 0.227. The van der Waals surface area contributed by atoms with E-state index >= 15 is 0 Å². The van der Waals surface area contributed by atoms with Crippen molar-refractivity contribution in [2.75, 3.05) is 12.0 Å². The highest BCUT2D eigenvalue weighted by molar-refractivity contribution is 6.54. The van der Waals surface area contributed by atoms with Crippen LogP contribution < -0.4 is 11.2 Å². The fourth-order valence-electron chi connectivity index (χ4n) is 2.94. The topological polar surface area (TPSA) is 93.8 Å². The first-order valence-corrected chi connectivity index (χ1v) is 9.01. The van der Waals surface area contributed by atoms with E-state index in [-0.39, 0.29) is 23.6 Å². The Morgan fingerprint density at radius 3 is 2.32 bits per heavy atom. The van der Waals surface area contributed by atoms with Gasteiger partial charge in [-0.1, -0.05) is 48.5 Å². The number of hydrogen-bond acceptors (Lipinski definition) is 6. The van der Waals surface area contributed by atoms with Crippen molar-refractivity contribution in [2.45, 2.75) is 26.4 Å². The van der Waals surface area contributed by atoms with Crippen LogP contribution in [-0.2, 0) is 9.53 Å². The molecule has 0 aromatic heterocycles. The first-order chi connectivity index (χ1) is 13.3. The lowest BCUT2D eigenvalue weighted by Crippen LogP contribution is -2.29. The zero-order valence-electron chi connectivity index (χ0n) is 16.2. The Balaban J connectivity index is 2.19. The lowest BCUT2D eigenvalue weighted by molar-refractivity contribution is -0.147. The minimum Gasteiger partial charge on any atom is -0.456 e. The molecular formula is C22H23N3O3. The molecule has 1 heterocycles. The van der Waals surface area contributed by atoms with Gasteiger partial charge in [0.2, 0.25) is 5.78 Å². The van der Waals surface area contributed by atoms with Gasteiger partial charge in [-0.2, -0.15) is 5.10 Å². The van der Waals surface area contributed by atoms with Crippen molar-refractivity contribution in [3.8, 4) is 0 Å². The quantitative estimate of drug-likeness (QED) is 0.629. The predicted octanol–water partition coefficient (Wildman–Crippen LogP) is 3.41. The van der Waals surface area contributed by atoms with Crippen molar-refractivity contribution in [2.24, 2.45) is 10.8 Å². The van der Waals surface area contributed by atoms with Gasteiger partial charge in [0.1, 0.15) is 11.3 Å². The average Bonchev–Trinajstić information content (AvgIpc) is 2.83. The molecule has 6 nitrogen and oxygen atoms in total. The van der Waals surface area contributed by atoms with Crippen LogP contribution in [0.25, 0.3) is 5.57 Å². The minimum absolute atomic E-state index is 0.0397. The number of hydrogen-bond donors (Lipinski definition) is 2. The normalized spacial score (nSPS) is 13.8. The van der Waals surface area contributed by atoms with Crippen LogP contribution in [0.1, 0.15) is 36.7 Å². The Hall–Kier alpha value is -3.25. The highest BCUT2D eigenvalue weighted by Gasteiger charge is 2.31. The highest BCUT2D eigenvalue weighted by atomic mass is 16.6. The highest BCUT2D eigenvalue weighted by Crippen LogP contribution is 2.32. The number of rotatable bonds is 4. The van der Waals surface area contributed by atoms with Gasteiger partial charge >= 0.3 is 5.97 Å². The molecule has 0 radical (unpaired) electrons. The second-order valence-corrected chi connectivity index (χ2v) is 7.37. The molecule has 28 heavy (non-hydrogen) atoms. The zero-order chi connectivity index (χ0) is 20.3. The number of anilines is 1. The van der Waals surface area contributed by atoms with Crippen molar-refractivity contribution >= 4 is 28.7 Å². The number of fused-ring (bicyclic) bond motifs is 1. The molecule has 0 bridgehead atoms. The number of hydrazone groups is 1. The van der Waals surface area contributed by atoms with Crippen molar-refractivity contribution in [1.82, 2.24) is 0 Å². The first kappa shape index (κ1) is 19.5. The lowest BCUT2D eigenvalue weighted by atomic mass is 9.92. The number of carbonyl (C=O) groups excluding carboxylic acids is 2. The van der Waals surface area contributed by atoms with E-state index in [1.54, 1.807) is 57.2 Å². The van der Waals surface area contributed by atoms with Crippen molar-refractivity contribution in [3.05, 3.63) is 71.3 Å².